The SMILES string of the molecule is C.Nc1ncc(C(=O)NCCO)c2scc(COc3cccc(C(=O)NC4CCCC4)c3)c12. The van der Waals surface area contributed by atoms with Crippen molar-refractivity contribution < 1.29 is 19.4 Å². The van der Waals surface area contributed by atoms with Gasteiger partial charge in [0.15, 0.2) is 0 Å². The molecule has 0 bridgehead atoms. The minimum absolute atomic E-state index is 0. The molecule has 1 fully saturated rings. The molecule has 8 nitrogen and oxygen atoms in total. The van der Waals surface area contributed by atoms with Crippen LogP contribution in [0.4, 0.5) is 5.82 Å². The molecule has 0 saturated heterocycles. The number of nitrogen functional groups attached to an aromatic ring is 1. The van der Waals surface area contributed by atoms with Gasteiger partial charge in [-0.05, 0) is 36.4 Å². The number of carbonyl (C=O) groups is 2. The maximum absolute atomic E-state index is 12.5. The Hall–Kier alpha value is -3.17. The van der Waals surface area contributed by atoms with Gasteiger partial charge in [-0.1, -0.05) is 26.3 Å². The van der Waals surface area contributed by atoms with Crippen molar-refractivity contribution in [1.29, 1.82) is 0 Å². The van der Waals surface area contributed by atoms with Crippen molar-refractivity contribution in [3.8, 4) is 5.75 Å². The van der Waals surface area contributed by atoms with E-state index in [0.29, 0.717) is 28.1 Å². The number of anilines is 1. The molecule has 4 rings (SSSR count). The van der Waals surface area contributed by atoms with E-state index in [9.17, 15) is 9.59 Å². The van der Waals surface area contributed by atoms with E-state index in [1.165, 1.54) is 17.5 Å². The highest BCUT2D eigenvalue weighted by molar-refractivity contribution is 7.17. The van der Waals surface area contributed by atoms with Crippen molar-refractivity contribution in [2.75, 3.05) is 18.9 Å². The number of nitrogens with one attached hydrogen (secondary N) is 2. The Kier molecular flexibility index (Phi) is 8.24. The summed E-state index contributed by atoms with van der Waals surface area (Å²) in [6, 6.07) is 7.36. The van der Waals surface area contributed by atoms with Crippen LogP contribution in [-0.4, -0.2) is 41.1 Å². The molecular weight excluding hydrogens is 440 g/mol. The summed E-state index contributed by atoms with van der Waals surface area (Å²) in [5, 5.41) is 17.2. The average molecular weight is 471 g/mol. The maximum atomic E-state index is 12.5. The van der Waals surface area contributed by atoms with Crippen LogP contribution < -0.4 is 21.1 Å². The van der Waals surface area contributed by atoms with Crippen LogP contribution in [0.5, 0.6) is 5.75 Å². The van der Waals surface area contributed by atoms with Gasteiger partial charge < -0.3 is 26.2 Å². The number of hydrogen-bond donors (Lipinski definition) is 4. The van der Waals surface area contributed by atoms with Gasteiger partial charge in [-0.25, -0.2) is 4.98 Å². The zero-order chi connectivity index (χ0) is 22.5. The largest absolute Gasteiger partial charge is 0.489 e. The second-order valence-corrected chi connectivity index (χ2v) is 8.65. The molecule has 0 radical (unpaired) electrons. The first kappa shape index (κ1) is 24.5. The van der Waals surface area contributed by atoms with Gasteiger partial charge in [0.25, 0.3) is 11.8 Å². The average Bonchev–Trinajstić information content (AvgIpc) is 3.47. The van der Waals surface area contributed by atoms with E-state index in [2.05, 4.69) is 15.6 Å². The molecule has 0 aliphatic heterocycles. The zero-order valence-corrected chi connectivity index (χ0v) is 18.4. The van der Waals surface area contributed by atoms with Gasteiger partial charge in [-0.3, -0.25) is 9.59 Å². The number of aromatic nitrogens is 1. The third-order valence-electron chi connectivity index (χ3n) is 5.52. The lowest BCUT2D eigenvalue weighted by Gasteiger charge is -2.13. The first-order valence-electron chi connectivity index (χ1n) is 10.6. The summed E-state index contributed by atoms with van der Waals surface area (Å²) in [6.07, 6.45) is 5.82. The van der Waals surface area contributed by atoms with E-state index in [1.54, 1.807) is 24.3 Å². The molecule has 176 valence electrons. The summed E-state index contributed by atoms with van der Waals surface area (Å²) in [5.41, 5.74) is 7.88. The van der Waals surface area contributed by atoms with E-state index >= 15 is 0 Å². The Morgan fingerprint density at radius 2 is 2.03 bits per heavy atom. The lowest BCUT2D eigenvalue weighted by Crippen LogP contribution is -2.32. The number of nitrogens with zero attached hydrogens (tertiary/aromatic N) is 1. The van der Waals surface area contributed by atoms with Crippen LogP contribution in [0.1, 0.15) is 59.4 Å². The smallest absolute Gasteiger partial charge is 0.254 e. The van der Waals surface area contributed by atoms with Gasteiger partial charge in [0.05, 0.1) is 16.9 Å². The molecule has 0 unspecified atom stereocenters. The Morgan fingerprint density at radius 1 is 1.24 bits per heavy atom. The van der Waals surface area contributed by atoms with Gasteiger partial charge in [-0.2, -0.15) is 0 Å². The van der Waals surface area contributed by atoms with Crippen LogP contribution in [0.2, 0.25) is 0 Å². The highest BCUT2D eigenvalue weighted by Gasteiger charge is 2.19. The van der Waals surface area contributed by atoms with E-state index in [0.717, 1.165) is 35.9 Å². The predicted molar refractivity (Wildman–Crippen MR) is 131 cm³/mol. The topological polar surface area (TPSA) is 127 Å². The molecule has 5 N–H and O–H groups in total. The number of benzene rings is 1. The quantitative estimate of drug-likeness (QED) is 0.399. The highest BCUT2D eigenvalue weighted by atomic mass is 32.1. The molecule has 0 spiro atoms. The summed E-state index contributed by atoms with van der Waals surface area (Å²) < 4.78 is 6.67. The van der Waals surface area contributed by atoms with Crippen LogP contribution in [0, 0.1) is 0 Å². The van der Waals surface area contributed by atoms with E-state index in [4.69, 9.17) is 15.6 Å². The molecule has 2 aromatic heterocycles. The molecule has 1 aliphatic rings. The Balaban J connectivity index is 0.00000306. The summed E-state index contributed by atoms with van der Waals surface area (Å²) in [4.78, 5) is 29.1. The third kappa shape index (κ3) is 5.61. The predicted octanol–water partition coefficient (Wildman–Crippen LogP) is 3.49. The van der Waals surface area contributed by atoms with Crippen LogP contribution in [0.25, 0.3) is 10.1 Å². The maximum Gasteiger partial charge on any atom is 0.254 e. The zero-order valence-electron chi connectivity index (χ0n) is 17.6. The highest BCUT2D eigenvalue weighted by Crippen LogP contribution is 2.33. The molecule has 1 aliphatic carbocycles. The van der Waals surface area contributed by atoms with Crippen molar-refractivity contribution >= 4 is 39.1 Å². The number of pyridine rings is 1. The molecule has 2 heterocycles. The van der Waals surface area contributed by atoms with E-state index in [1.807, 2.05) is 5.38 Å². The van der Waals surface area contributed by atoms with Crippen LogP contribution in [0.15, 0.2) is 35.8 Å². The number of carbonyl (C=O) groups excluding carboxylic acids is 2. The molecule has 3 aromatic rings. The first-order chi connectivity index (χ1) is 15.6. The molecule has 9 heteroatoms. The Morgan fingerprint density at radius 3 is 2.79 bits per heavy atom. The van der Waals surface area contributed by atoms with E-state index in [-0.39, 0.29) is 45.0 Å². The third-order valence-corrected chi connectivity index (χ3v) is 6.59. The van der Waals surface area contributed by atoms with Crippen molar-refractivity contribution in [3.63, 3.8) is 0 Å². The molecule has 1 aromatic carbocycles. The number of ether oxygens (including phenoxy) is 1. The normalized spacial score (nSPS) is 13.5. The molecule has 1 saturated carbocycles. The number of aliphatic hydroxyl groups excluding tert-OH is 1. The summed E-state index contributed by atoms with van der Waals surface area (Å²) in [5.74, 6) is 0.497. The lowest BCUT2D eigenvalue weighted by atomic mass is 10.1. The monoisotopic (exact) mass is 470 g/mol. The number of rotatable bonds is 8. The second-order valence-electron chi connectivity index (χ2n) is 7.77. The summed E-state index contributed by atoms with van der Waals surface area (Å²) >= 11 is 1.39. The fraction of sp³-hybridized carbons (Fsp3) is 0.375. The number of fused-ring (bicyclic) bond motifs is 1. The van der Waals surface area contributed by atoms with Gasteiger partial charge in [0.1, 0.15) is 18.2 Å². The Bertz CT molecular complexity index is 1120. The van der Waals surface area contributed by atoms with Gasteiger partial charge in [-0.15, -0.1) is 11.3 Å². The van der Waals surface area contributed by atoms with Crippen molar-refractivity contribution in [3.05, 3.63) is 52.5 Å². The molecule has 2 amide bonds. The standard InChI is InChI=1S/C23H26N4O4S.CH4/c24-21-19-15(13-32-20(19)18(11-26-21)23(30)25-8-9-28)12-31-17-7-3-4-14(10-17)22(29)27-16-5-1-2-6-16;/h3-4,7,10-11,13,16,28H,1-2,5-6,8-9,12H2,(H2,24,26)(H,25,30)(H,27,29);1H4. The van der Waals surface area contributed by atoms with Gasteiger partial charge in [0, 0.05) is 35.3 Å². The van der Waals surface area contributed by atoms with Crippen molar-refractivity contribution in [1.82, 2.24) is 15.6 Å². The van der Waals surface area contributed by atoms with Crippen LogP contribution >= 0.6 is 11.3 Å². The fourth-order valence-corrected chi connectivity index (χ4v) is 4.96. The number of aliphatic hydroxyl groups is 1. The number of nitrogens with two attached hydrogens (primary N) is 1. The summed E-state index contributed by atoms with van der Waals surface area (Å²) in [7, 11) is 0. The van der Waals surface area contributed by atoms with Crippen LogP contribution in [-0.2, 0) is 6.61 Å². The second kappa shape index (κ2) is 11.1. The van der Waals surface area contributed by atoms with E-state index < -0.39 is 0 Å². The number of hydrogen-bond acceptors (Lipinski definition) is 7. The van der Waals surface area contributed by atoms with Crippen molar-refractivity contribution in [2.24, 2.45) is 0 Å². The molecular formula is C24H30N4O4S. The van der Waals surface area contributed by atoms with Crippen LogP contribution in [0.3, 0.4) is 0 Å². The molecule has 0 atom stereocenters. The van der Waals surface area contributed by atoms with Gasteiger partial charge >= 0.3 is 0 Å². The lowest BCUT2D eigenvalue weighted by molar-refractivity contribution is 0.0932. The fourth-order valence-electron chi connectivity index (χ4n) is 3.89. The minimum Gasteiger partial charge on any atom is -0.489 e. The number of amides is 2. The first-order valence-corrected chi connectivity index (χ1v) is 11.5. The summed E-state index contributed by atoms with van der Waals surface area (Å²) in [6.45, 7) is 0.247. The Labute approximate surface area is 197 Å². The van der Waals surface area contributed by atoms with Gasteiger partial charge in [0.2, 0.25) is 0 Å². The minimum atomic E-state index is -0.313. The van der Waals surface area contributed by atoms with Crippen molar-refractivity contribution in [2.45, 2.75) is 45.8 Å². The number of thiophene rings is 1. The molecule has 33 heavy (non-hydrogen) atoms.